The number of rotatable bonds is 1. The van der Waals surface area contributed by atoms with E-state index in [9.17, 15) is 9.90 Å². The van der Waals surface area contributed by atoms with E-state index in [0.717, 1.165) is 0 Å². The fourth-order valence-electron chi connectivity index (χ4n) is 1.76. The zero-order valence-corrected chi connectivity index (χ0v) is 11.8. The first kappa shape index (κ1) is 14.1. The number of carbonyl (C=O) groups is 1. The highest BCUT2D eigenvalue weighted by Crippen LogP contribution is 2.25. The van der Waals surface area contributed by atoms with Crippen molar-refractivity contribution in [2.75, 3.05) is 13.1 Å². The Morgan fingerprint density at radius 1 is 1.35 bits per heavy atom. The lowest BCUT2D eigenvalue weighted by Crippen LogP contribution is -2.46. The number of amides is 1. The van der Waals surface area contributed by atoms with Crippen LogP contribution >= 0.6 is 0 Å². The van der Waals surface area contributed by atoms with Gasteiger partial charge >= 0.3 is 6.09 Å². The summed E-state index contributed by atoms with van der Waals surface area (Å²) in [7, 11) is -1.38. The van der Waals surface area contributed by atoms with Gasteiger partial charge in [0.25, 0.3) is 0 Å². The van der Waals surface area contributed by atoms with E-state index in [2.05, 4.69) is 31.1 Å². The molecular weight excluding hydrogens is 234 g/mol. The van der Waals surface area contributed by atoms with Crippen molar-refractivity contribution in [1.82, 2.24) is 4.90 Å². The van der Waals surface area contributed by atoms with Gasteiger partial charge in [0.1, 0.15) is 8.07 Å². The van der Waals surface area contributed by atoms with Crippen LogP contribution in [0.5, 0.6) is 0 Å². The van der Waals surface area contributed by atoms with Gasteiger partial charge in [0.15, 0.2) is 0 Å². The Morgan fingerprint density at radius 3 is 2.29 bits per heavy atom. The molecule has 5 heteroatoms. The minimum absolute atomic E-state index is 0.403. The van der Waals surface area contributed by atoms with Crippen molar-refractivity contribution in [2.45, 2.75) is 44.5 Å². The van der Waals surface area contributed by atoms with E-state index in [-0.39, 0.29) is 0 Å². The van der Waals surface area contributed by atoms with Crippen LogP contribution in [0.25, 0.3) is 0 Å². The minimum atomic E-state index is -1.38. The van der Waals surface area contributed by atoms with Gasteiger partial charge in [-0.15, -0.1) is 11.5 Å². The predicted octanol–water partition coefficient (Wildman–Crippen LogP) is 1.76. The van der Waals surface area contributed by atoms with Crippen LogP contribution in [0.4, 0.5) is 4.79 Å². The number of aliphatic hydroxyl groups is 1. The molecular formula is C12H21NO3Si. The van der Waals surface area contributed by atoms with E-state index < -0.39 is 19.8 Å². The first-order valence-corrected chi connectivity index (χ1v) is 9.42. The lowest BCUT2D eigenvalue weighted by molar-refractivity contribution is -0.0124. The summed E-state index contributed by atoms with van der Waals surface area (Å²) in [6, 6.07) is 0. The molecule has 1 heterocycles. The van der Waals surface area contributed by atoms with Gasteiger partial charge in [0.2, 0.25) is 0 Å². The molecule has 1 rings (SSSR count). The van der Waals surface area contributed by atoms with Crippen LogP contribution in [0.15, 0.2) is 0 Å². The number of likely N-dealkylation sites (tertiary alicyclic amines) is 1. The molecule has 0 aromatic heterocycles. The van der Waals surface area contributed by atoms with Gasteiger partial charge in [-0.2, -0.15) is 0 Å². The number of nitrogens with zero attached hydrogens (tertiary/aromatic N) is 1. The fraction of sp³-hybridized carbons (Fsp3) is 0.750. The Kier molecular flexibility index (Phi) is 4.23. The first-order chi connectivity index (χ1) is 7.72. The molecule has 0 spiro atoms. The molecule has 1 saturated heterocycles. The lowest BCUT2D eigenvalue weighted by atomic mass is 9.89. The molecule has 1 fully saturated rings. The quantitative estimate of drug-likeness (QED) is 0.554. The zero-order valence-electron chi connectivity index (χ0n) is 10.8. The molecule has 1 aliphatic rings. The maximum absolute atomic E-state index is 10.7. The normalized spacial score (nSPS) is 19.4. The van der Waals surface area contributed by atoms with Crippen molar-refractivity contribution in [1.29, 1.82) is 0 Å². The van der Waals surface area contributed by atoms with Crippen molar-refractivity contribution in [3.63, 3.8) is 0 Å². The zero-order chi connectivity index (χ0) is 13.1. The van der Waals surface area contributed by atoms with E-state index >= 15 is 0 Å². The molecule has 0 atom stereocenters. The summed E-state index contributed by atoms with van der Waals surface area (Å²) in [6.45, 7) is 7.30. The number of carboxylic acid groups (broad SMARTS) is 1. The van der Waals surface area contributed by atoms with Crippen LogP contribution in [0.1, 0.15) is 19.3 Å². The smallest absolute Gasteiger partial charge is 0.407 e. The SMILES string of the molecule is C[Si](C)(C)C#CCC1(O)CCN(C(=O)O)CC1. The number of piperidine rings is 1. The second-order valence-electron chi connectivity index (χ2n) is 5.72. The van der Waals surface area contributed by atoms with E-state index in [0.29, 0.717) is 32.4 Å². The number of hydrogen-bond donors (Lipinski definition) is 2. The fourth-order valence-corrected chi connectivity index (χ4v) is 2.38. The molecule has 4 nitrogen and oxygen atoms in total. The third-order valence-corrected chi connectivity index (χ3v) is 3.77. The molecule has 0 aromatic carbocycles. The maximum Gasteiger partial charge on any atom is 0.407 e. The molecule has 0 saturated carbocycles. The van der Waals surface area contributed by atoms with Gasteiger partial charge in [-0.25, -0.2) is 4.79 Å². The van der Waals surface area contributed by atoms with Crippen molar-refractivity contribution < 1.29 is 15.0 Å². The van der Waals surface area contributed by atoms with Crippen molar-refractivity contribution in [3.8, 4) is 11.5 Å². The van der Waals surface area contributed by atoms with Crippen molar-refractivity contribution in [3.05, 3.63) is 0 Å². The average Bonchev–Trinajstić information content (AvgIpc) is 2.15. The number of hydrogen-bond acceptors (Lipinski definition) is 2. The summed E-state index contributed by atoms with van der Waals surface area (Å²) >= 11 is 0. The second-order valence-corrected chi connectivity index (χ2v) is 10.5. The van der Waals surface area contributed by atoms with Gasteiger partial charge in [-0.3, -0.25) is 0 Å². The van der Waals surface area contributed by atoms with Crippen LogP contribution in [-0.4, -0.2) is 48.0 Å². The molecule has 0 bridgehead atoms. The van der Waals surface area contributed by atoms with E-state index in [1.54, 1.807) is 0 Å². The van der Waals surface area contributed by atoms with Crippen LogP contribution in [0.2, 0.25) is 19.6 Å². The van der Waals surface area contributed by atoms with Crippen LogP contribution < -0.4 is 0 Å². The summed E-state index contributed by atoms with van der Waals surface area (Å²) in [4.78, 5) is 12.1. The second kappa shape index (κ2) is 5.11. The molecule has 1 amide bonds. The molecule has 0 aromatic rings. The van der Waals surface area contributed by atoms with Gasteiger partial charge in [0.05, 0.1) is 5.60 Å². The highest BCUT2D eigenvalue weighted by atomic mass is 28.3. The largest absolute Gasteiger partial charge is 0.465 e. The predicted molar refractivity (Wildman–Crippen MR) is 69.5 cm³/mol. The Hall–Kier alpha value is -0.993. The molecule has 96 valence electrons. The molecule has 2 N–H and O–H groups in total. The van der Waals surface area contributed by atoms with Crippen LogP contribution in [0.3, 0.4) is 0 Å². The van der Waals surface area contributed by atoms with E-state index in [1.165, 1.54) is 4.90 Å². The summed E-state index contributed by atoms with van der Waals surface area (Å²) in [5, 5.41) is 19.1. The third kappa shape index (κ3) is 4.80. The minimum Gasteiger partial charge on any atom is -0.465 e. The Bertz CT molecular complexity index is 343. The van der Waals surface area contributed by atoms with Gasteiger partial charge in [-0.05, 0) is 12.8 Å². The molecule has 17 heavy (non-hydrogen) atoms. The van der Waals surface area contributed by atoms with Crippen molar-refractivity contribution in [2.24, 2.45) is 0 Å². The highest BCUT2D eigenvalue weighted by Gasteiger charge is 2.33. The molecule has 0 radical (unpaired) electrons. The first-order valence-electron chi connectivity index (χ1n) is 5.92. The van der Waals surface area contributed by atoms with Gasteiger partial charge in [-0.1, -0.05) is 19.6 Å². The monoisotopic (exact) mass is 255 g/mol. The Labute approximate surface area is 104 Å². The Balaban J connectivity index is 2.50. The Morgan fingerprint density at radius 2 is 1.88 bits per heavy atom. The van der Waals surface area contributed by atoms with Gasteiger partial charge in [0, 0.05) is 19.5 Å². The summed E-state index contributed by atoms with van der Waals surface area (Å²) in [5.74, 6) is 3.08. The van der Waals surface area contributed by atoms with Crippen LogP contribution in [-0.2, 0) is 0 Å². The standard InChI is InChI=1S/C12H21NO3Si/c1-17(2,3)10-4-5-12(16)6-8-13(9-7-12)11(14)15/h16H,5-9H2,1-3H3,(H,14,15). The summed E-state index contributed by atoms with van der Waals surface area (Å²) in [5.41, 5.74) is 2.43. The topological polar surface area (TPSA) is 60.8 Å². The van der Waals surface area contributed by atoms with E-state index in [4.69, 9.17) is 5.11 Å². The molecule has 1 aliphatic heterocycles. The van der Waals surface area contributed by atoms with Crippen molar-refractivity contribution >= 4 is 14.2 Å². The average molecular weight is 255 g/mol. The highest BCUT2D eigenvalue weighted by molar-refractivity contribution is 6.83. The molecule has 0 unspecified atom stereocenters. The van der Waals surface area contributed by atoms with Gasteiger partial charge < -0.3 is 15.1 Å². The van der Waals surface area contributed by atoms with Crippen LogP contribution in [0, 0.1) is 11.5 Å². The summed E-state index contributed by atoms with van der Waals surface area (Å²) < 4.78 is 0. The third-order valence-electron chi connectivity index (χ3n) is 2.85. The van der Waals surface area contributed by atoms with E-state index in [1.807, 2.05) is 0 Å². The maximum atomic E-state index is 10.7. The lowest BCUT2D eigenvalue weighted by Gasteiger charge is -2.35. The summed E-state index contributed by atoms with van der Waals surface area (Å²) in [6.07, 6.45) is 0.532. The molecule has 0 aliphatic carbocycles.